The maximum Gasteiger partial charge on any atom is 0.115 e. The molecule has 0 unspecified atom stereocenters. The fraction of sp³-hybridized carbons (Fsp3) is 0.455. The van der Waals surface area contributed by atoms with Crippen LogP contribution in [0.25, 0.3) is 0 Å². The molecule has 0 radical (unpaired) electrons. The molecule has 72 valence electrons. The van der Waals surface area contributed by atoms with Gasteiger partial charge < -0.3 is 10.0 Å². The van der Waals surface area contributed by atoms with Gasteiger partial charge in [0.1, 0.15) is 6.73 Å². The first-order valence-electron chi connectivity index (χ1n) is 4.69. The third-order valence-electron chi connectivity index (χ3n) is 2.13. The lowest BCUT2D eigenvalue weighted by Gasteiger charge is -2.15. The Balaban J connectivity index is 2.69. The van der Waals surface area contributed by atoms with Gasteiger partial charge in [-0.25, -0.2) is 0 Å². The van der Waals surface area contributed by atoms with Gasteiger partial charge in [0.05, 0.1) is 0 Å². The zero-order chi connectivity index (χ0) is 9.68. The number of benzene rings is 1. The third-order valence-corrected chi connectivity index (χ3v) is 2.13. The van der Waals surface area contributed by atoms with Gasteiger partial charge in [-0.05, 0) is 24.1 Å². The van der Waals surface area contributed by atoms with Gasteiger partial charge in [-0.2, -0.15) is 0 Å². The summed E-state index contributed by atoms with van der Waals surface area (Å²) in [7, 11) is 1.87. The molecule has 2 heteroatoms. The maximum atomic E-state index is 8.89. The Bertz CT molecular complexity index is 243. The van der Waals surface area contributed by atoms with Gasteiger partial charge in [0.2, 0.25) is 0 Å². The fourth-order valence-corrected chi connectivity index (χ4v) is 1.29. The minimum Gasteiger partial charge on any atom is -0.376 e. The first-order valence-corrected chi connectivity index (χ1v) is 4.69. The summed E-state index contributed by atoms with van der Waals surface area (Å²) in [5.74, 6) is 0. The highest BCUT2D eigenvalue weighted by atomic mass is 16.3. The van der Waals surface area contributed by atoms with Crippen LogP contribution in [-0.4, -0.2) is 18.9 Å². The Morgan fingerprint density at radius 2 is 1.85 bits per heavy atom. The van der Waals surface area contributed by atoms with E-state index in [-0.39, 0.29) is 6.73 Å². The van der Waals surface area contributed by atoms with Crippen molar-refractivity contribution in [3.05, 3.63) is 29.8 Å². The molecule has 0 spiro atoms. The standard InChI is InChI=1S/C11H17NO/c1-3-4-10-5-7-11(8-6-10)12(2)9-13/h5-8,13H,3-4,9H2,1-2H3. The Morgan fingerprint density at radius 3 is 2.31 bits per heavy atom. The summed E-state index contributed by atoms with van der Waals surface area (Å²) in [5.41, 5.74) is 2.42. The van der Waals surface area contributed by atoms with E-state index in [2.05, 4.69) is 19.1 Å². The average Bonchev–Trinajstić information content (AvgIpc) is 2.18. The van der Waals surface area contributed by atoms with Crippen LogP contribution in [0.3, 0.4) is 0 Å². The highest BCUT2D eigenvalue weighted by Gasteiger charge is 1.97. The van der Waals surface area contributed by atoms with Crippen LogP contribution in [0.1, 0.15) is 18.9 Å². The van der Waals surface area contributed by atoms with E-state index in [0.29, 0.717) is 0 Å². The number of hydrogen-bond acceptors (Lipinski definition) is 2. The van der Waals surface area contributed by atoms with Crippen molar-refractivity contribution >= 4 is 5.69 Å². The number of rotatable bonds is 4. The fourth-order valence-electron chi connectivity index (χ4n) is 1.29. The number of hydrogen-bond donors (Lipinski definition) is 1. The lowest BCUT2D eigenvalue weighted by Crippen LogP contribution is -2.17. The second kappa shape index (κ2) is 4.87. The quantitative estimate of drug-likeness (QED) is 0.715. The molecule has 1 aromatic carbocycles. The van der Waals surface area contributed by atoms with Gasteiger partial charge in [-0.15, -0.1) is 0 Å². The third kappa shape index (κ3) is 2.74. The van der Waals surface area contributed by atoms with Crippen molar-refractivity contribution in [2.75, 3.05) is 18.7 Å². The van der Waals surface area contributed by atoms with E-state index in [0.717, 1.165) is 12.1 Å². The Morgan fingerprint density at radius 1 is 1.23 bits per heavy atom. The molecule has 0 atom stereocenters. The summed E-state index contributed by atoms with van der Waals surface area (Å²) in [6, 6.07) is 8.32. The van der Waals surface area contributed by atoms with Gasteiger partial charge in [-0.3, -0.25) is 0 Å². The van der Waals surface area contributed by atoms with Crippen LogP contribution in [-0.2, 0) is 6.42 Å². The van der Waals surface area contributed by atoms with E-state index in [1.54, 1.807) is 4.90 Å². The largest absolute Gasteiger partial charge is 0.376 e. The zero-order valence-corrected chi connectivity index (χ0v) is 8.33. The number of anilines is 1. The van der Waals surface area contributed by atoms with E-state index in [9.17, 15) is 0 Å². The van der Waals surface area contributed by atoms with Crippen LogP contribution in [0.15, 0.2) is 24.3 Å². The van der Waals surface area contributed by atoms with Crippen molar-refractivity contribution in [3.63, 3.8) is 0 Å². The smallest absolute Gasteiger partial charge is 0.115 e. The number of nitrogens with zero attached hydrogens (tertiary/aromatic N) is 1. The second-order valence-electron chi connectivity index (χ2n) is 3.26. The van der Waals surface area contributed by atoms with Crippen molar-refractivity contribution in [2.24, 2.45) is 0 Å². The van der Waals surface area contributed by atoms with Gasteiger partial charge in [0.15, 0.2) is 0 Å². The lowest BCUT2D eigenvalue weighted by molar-refractivity contribution is 0.298. The average molecular weight is 179 g/mol. The summed E-state index contributed by atoms with van der Waals surface area (Å²) in [6.45, 7) is 2.24. The molecule has 0 aliphatic carbocycles. The van der Waals surface area contributed by atoms with E-state index < -0.39 is 0 Å². The summed E-state index contributed by atoms with van der Waals surface area (Å²) in [6.07, 6.45) is 2.30. The molecule has 0 amide bonds. The van der Waals surface area contributed by atoms with Gasteiger partial charge >= 0.3 is 0 Å². The van der Waals surface area contributed by atoms with Crippen LogP contribution < -0.4 is 4.90 Å². The van der Waals surface area contributed by atoms with Crippen LogP contribution in [0, 0.1) is 0 Å². The van der Waals surface area contributed by atoms with E-state index in [4.69, 9.17) is 5.11 Å². The number of aryl methyl sites for hydroxylation is 1. The van der Waals surface area contributed by atoms with Crippen molar-refractivity contribution in [1.29, 1.82) is 0 Å². The summed E-state index contributed by atoms with van der Waals surface area (Å²) in [4.78, 5) is 1.80. The minimum absolute atomic E-state index is 0.0626. The summed E-state index contributed by atoms with van der Waals surface area (Å²) >= 11 is 0. The normalized spacial score (nSPS) is 10.1. The Hall–Kier alpha value is -1.02. The number of aliphatic hydroxyl groups excluding tert-OH is 1. The molecule has 1 rings (SSSR count). The molecular formula is C11H17NO. The van der Waals surface area contributed by atoms with E-state index in [1.165, 1.54) is 12.0 Å². The highest BCUT2D eigenvalue weighted by Crippen LogP contribution is 2.13. The molecule has 2 nitrogen and oxygen atoms in total. The van der Waals surface area contributed by atoms with Crippen LogP contribution >= 0.6 is 0 Å². The van der Waals surface area contributed by atoms with Crippen molar-refractivity contribution in [1.82, 2.24) is 0 Å². The Kier molecular flexibility index (Phi) is 3.77. The molecule has 0 fully saturated rings. The zero-order valence-electron chi connectivity index (χ0n) is 8.33. The van der Waals surface area contributed by atoms with Crippen molar-refractivity contribution in [3.8, 4) is 0 Å². The molecular weight excluding hydrogens is 162 g/mol. The van der Waals surface area contributed by atoms with Gasteiger partial charge in [0, 0.05) is 12.7 Å². The molecule has 1 N–H and O–H groups in total. The van der Waals surface area contributed by atoms with Gasteiger partial charge in [-0.1, -0.05) is 25.5 Å². The van der Waals surface area contributed by atoms with Crippen LogP contribution in [0.4, 0.5) is 5.69 Å². The predicted octanol–water partition coefficient (Wildman–Crippen LogP) is 2.03. The minimum atomic E-state index is 0.0626. The van der Waals surface area contributed by atoms with Crippen LogP contribution in [0.2, 0.25) is 0 Å². The van der Waals surface area contributed by atoms with E-state index in [1.807, 2.05) is 19.2 Å². The first kappa shape index (κ1) is 10.1. The maximum absolute atomic E-state index is 8.89. The molecule has 0 heterocycles. The molecule has 0 bridgehead atoms. The monoisotopic (exact) mass is 179 g/mol. The SMILES string of the molecule is CCCc1ccc(N(C)CO)cc1. The van der Waals surface area contributed by atoms with Crippen LogP contribution in [0.5, 0.6) is 0 Å². The topological polar surface area (TPSA) is 23.5 Å². The van der Waals surface area contributed by atoms with Gasteiger partial charge in [0.25, 0.3) is 0 Å². The van der Waals surface area contributed by atoms with Crippen molar-refractivity contribution in [2.45, 2.75) is 19.8 Å². The molecule has 1 aromatic rings. The molecule has 0 saturated carbocycles. The summed E-state index contributed by atoms with van der Waals surface area (Å²) in [5, 5.41) is 8.89. The molecule has 0 saturated heterocycles. The van der Waals surface area contributed by atoms with Crippen molar-refractivity contribution < 1.29 is 5.11 Å². The first-order chi connectivity index (χ1) is 6.27. The lowest BCUT2D eigenvalue weighted by atomic mass is 10.1. The molecule has 0 aliphatic rings. The molecule has 0 aromatic heterocycles. The van der Waals surface area contributed by atoms with E-state index >= 15 is 0 Å². The Labute approximate surface area is 79.8 Å². The number of aliphatic hydroxyl groups is 1. The molecule has 13 heavy (non-hydrogen) atoms. The highest BCUT2D eigenvalue weighted by molar-refractivity contribution is 5.46. The molecule has 0 aliphatic heterocycles. The predicted molar refractivity (Wildman–Crippen MR) is 55.9 cm³/mol. The second-order valence-corrected chi connectivity index (χ2v) is 3.26. The summed E-state index contributed by atoms with van der Waals surface area (Å²) < 4.78 is 0.